The van der Waals surface area contributed by atoms with Crippen molar-refractivity contribution in [2.75, 3.05) is 0 Å². The van der Waals surface area contributed by atoms with Gasteiger partial charge < -0.3 is 0 Å². The molecule has 3 aliphatic rings. The van der Waals surface area contributed by atoms with Crippen molar-refractivity contribution >= 4 is 0 Å². The van der Waals surface area contributed by atoms with Gasteiger partial charge in [0.2, 0.25) is 0 Å². The summed E-state index contributed by atoms with van der Waals surface area (Å²) in [7, 11) is 0. The van der Waals surface area contributed by atoms with Crippen LogP contribution in [0.25, 0.3) is 0 Å². The molecule has 0 aromatic carbocycles. The number of fused-ring (bicyclic) bond motifs is 1. The lowest BCUT2D eigenvalue weighted by Crippen LogP contribution is -2.58. The fourth-order valence-corrected chi connectivity index (χ4v) is 2.78. The van der Waals surface area contributed by atoms with E-state index in [0.717, 1.165) is 6.42 Å². The molecule has 3 atom stereocenters. The molecule has 2 bridgehead atoms. The van der Waals surface area contributed by atoms with Crippen LogP contribution >= 0.6 is 0 Å². The van der Waals surface area contributed by atoms with Crippen LogP contribution in [-0.4, -0.2) is 10.9 Å². The summed E-state index contributed by atoms with van der Waals surface area (Å²) in [5.74, 6) is 1.15. The van der Waals surface area contributed by atoms with Crippen LogP contribution in [0.2, 0.25) is 0 Å². The summed E-state index contributed by atoms with van der Waals surface area (Å²) in [5, 5.41) is 8.83. The van der Waals surface area contributed by atoms with Gasteiger partial charge in [0.05, 0.1) is 0 Å². The molecule has 68 valence electrons. The normalized spacial score (nSPS) is 48.7. The van der Waals surface area contributed by atoms with E-state index in [4.69, 9.17) is 5.26 Å². The van der Waals surface area contributed by atoms with Gasteiger partial charge in [0.15, 0.2) is 0 Å². The zero-order chi connectivity index (χ0) is 8.98. The molecule has 0 aliphatic heterocycles. The maximum absolute atomic E-state index is 8.83. The summed E-state index contributed by atoms with van der Waals surface area (Å²) >= 11 is 0. The van der Waals surface area contributed by atoms with E-state index in [-0.39, 0.29) is 0 Å². The predicted molar refractivity (Wildman–Crippen MR) is 46.6 cm³/mol. The van der Waals surface area contributed by atoms with Crippen molar-refractivity contribution in [3.05, 3.63) is 12.2 Å². The Kier molecular flexibility index (Phi) is 1.46. The molecule has 3 rings (SSSR count). The van der Waals surface area contributed by atoms with E-state index in [2.05, 4.69) is 24.8 Å². The first-order valence-electron chi connectivity index (χ1n) is 4.52. The van der Waals surface area contributed by atoms with Crippen LogP contribution in [0.3, 0.4) is 0 Å². The molecule has 0 amide bonds. The van der Waals surface area contributed by atoms with Gasteiger partial charge in [0, 0.05) is 5.92 Å². The molecule has 0 spiro atoms. The van der Waals surface area contributed by atoms with Crippen molar-refractivity contribution in [2.24, 2.45) is 17.3 Å². The first-order chi connectivity index (χ1) is 5.50. The van der Waals surface area contributed by atoms with Crippen LogP contribution in [0.1, 0.15) is 27.2 Å². The minimum atomic E-state index is -0.446. The van der Waals surface area contributed by atoms with Gasteiger partial charge in [-0.2, -0.15) is 0 Å². The minimum absolute atomic E-state index is 0.298. The van der Waals surface area contributed by atoms with E-state index in [1.54, 1.807) is 0 Å². The Labute approximate surface area is 73.2 Å². The molecule has 0 radical (unpaired) electrons. The summed E-state index contributed by atoms with van der Waals surface area (Å²) in [6.45, 7) is 6.44. The molecular weight excluding hydrogens is 152 g/mol. The smallest absolute Gasteiger partial charge is 0.122 e. The Balaban J connectivity index is 2.33. The molecule has 1 saturated carbocycles. The van der Waals surface area contributed by atoms with E-state index in [9.17, 15) is 0 Å². The summed E-state index contributed by atoms with van der Waals surface area (Å²) in [6.07, 6.45) is 5.33. The largest absolute Gasteiger partial charge is 0.251 e. The highest BCUT2D eigenvalue weighted by molar-refractivity contribution is 5.23. The first-order valence-corrected chi connectivity index (χ1v) is 4.52. The highest BCUT2D eigenvalue weighted by atomic mass is 17.1. The average Bonchev–Trinajstić information content (AvgIpc) is 2.04. The van der Waals surface area contributed by atoms with E-state index < -0.39 is 5.60 Å². The standard InChI is InChI=1S/C10H16O2/c1-9(2)7-4-5-10(3,12-11)8(9)6-7/h4-5,7-8,11H,6H2,1-3H3. The van der Waals surface area contributed by atoms with Crippen molar-refractivity contribution in [3.63, 3.8) is 0 Å². The fourth-order valence-electron chi connectivity index (χ4n) is 2.78. The Morgan fingerprint density at radius 1 is 1.42 bits per heavy atom. The fraction of sp³-hybridized carbons (Fsp3) is 0.800. The third-order valence-corrected chi connectivity index (χ3v) is 3.89. The first kappa shape index (κ1) is 8.27. The van der Waals surface area contributed by atoms with E-state index >= 15 is 0 Å². The second-order valence-corrected chi connectivity index (χ2v) is 4.85. The quantitative estimate of drug-likeness (QED) is 0.370. The van der Waals surface area contributed by atoms with Crippen LogP contribution in [-0.2, 0) is 4.89 Å². The minimum Gasteiger partial charge on any atom is -0.251 e. The Hall–Kier alpha value is -0.340. The molecule has 1 fully saturated rings. The monoisotopic (exact) mass is 168 g/mol. The van der Waals surface area contributed by atoms with E-state index in [1.165, 1.54) is 0 Å². The number of allylic oxidation sites excluding steroid dienone is 1. The molecule has 12 heavy (non-hydrogen) atoms. The Morgan fingerprint density at radius 2 is 2.08 bits per heavy atom. The molecule has 2 nitrogen and oxygen atoms in total. The van der Waals surface area contributed by atoms with Gasteiger partial charge in [-0.1, -0.05) is 26.0 Å². The van der Waals surface area contributed by atoms with Gasteiger partial charge >= 0.3 is 0 Å². The predicted octanol–water partition coefficient (Wildman–Crippen LogP) is 2.47. The Bertz CT molecular complexity index is 232. The number of hydrogen-bond acceptors (Lipinski definition) is 2. The Morgan fingerprint density at radius 3 is 2.42 bits per heavy atom. The van der Waals surface area contributed by atoms with Gasteiger partial charge in [-0.05, 0) is 24.7 Å². The summed E-state index contributed by atoms with van der Waals surface area (Å²) in [5.41, 5.74) is -0.148. The van der Waals surface area contributed by atoms with Gasteiger partial charge in [-0.15, -0.1) is 0 Å². The van der Waals surface area contributed by atoms with E-state index in [0.29, 0.717) is 17.3 Å². The number of hydrogen-bond donors (Lipinski definition) is 1. The molecule has 1 N–H and O–H groups in total. The molecule has 0 saturated heterocycles. The summed E-state index contributed by atoms with van der Waals surface area (Å²) in [4.78, 5) is 4.58. The lowest BCUT2D eigenvalue weighted by Gasteiger charge is -2.59. The second kappa shape index (κ2) is 2.12. The van der Waals surface area contributed by atoms with Crippen molar-refractivity contribution < 1.29 is 10.1 Å². The van der Waals surface area contributed by atoms with Crippen LogP contribution in [0.5, 0.6) is 0 Å². The zero-order valence-corrected chi connectivity index (χ0v) is 7.87. The molecule has 2 heteroatoms. The van der Waals surface area contributed by atoms with Crippen molar-refractivity contribution in [1.29, 1.82) is 0 Å². The van der Waals surface area contributed by atoms with Crippen LogP contribution in [0.4, 0.5) is 0 Å². The molecule has 0 heterocycles. The summed E-state index contributed by atoms with van der Waals surface area (Å²) < 4.78 is 0. The van der Waals surface area contributed by atoms with Gasteiger partial charge in [-0.25, -0.2) is 4.89 Å². The second-order valence-electron chi connectivity index (χ2n) is 4.85. The lowest BCUT2D eigenvalue weighted by atomic mass is 9.47. The zero-order valence-electron chi connectivity index (χ0n) is 7.87. The maximum Gasteiger partial charge on any atom is 0.122 e. The van der Waals surface area contributed by atoms with Crippen LogP contribution in [0, 0.1) is 17.3 Å². The summed E-state index contributed by atoms with van der Waals surface area (Å²) in [6, 6.07) is 0. The van der Waals surface area contributed by atoms with Gasteiger partial charge in [-0.3, -0.25) is 5.26 Å². The molecule has 3 aliphatic carbocycles. The van der Waals surface area contributed by atoms with Crippen LogP contribution < -0.4 is 0 Å². The SMILES string of the molecule is CC1(OO)C=CC2CC1C2(C)C. The highest BCUT2D eigenvalue weighted by Crippen LogP contribution is 2.60. The molecule has 0 aromatic heterocycles. The van der Waals surface area contributed by atoms with Gasteiger partial charge in [0.1, 0.15) is 5.60 Å². The van der Waals surface area contributed by atoms with Gasteiger partial charge in [0.25, 0.3) is 0 Å². The number of rotatable bonds is 1. The maximum atomic E-state index is 8.83. The third kappa shape index (κ3) is 0.771. The molecule has 0 aromatic rings. The third-order valence-electron chi connectivity index (χ3n) is 3.89. The van der Waals surface area contributed by atoms with Crippen molar-refractivity contribution in [1.82, 2.24) is 0 Å². The molecule has 3 unspecified atom stereocenters. The van der Waals surface area contributed by atoms with E-state index in [1.807, 2.05) is 13.0 Å². The van der Waals surface area contributed by atoms with Crippen molar-refractivity contribution in [2.45, 2.75) is 32.8 Å². The topological polar surface area (TPSA) is 29.5 Å². The molecular formula is C10H16O2. The van der Waals surface area contributed by atoms with Crippen LogP contribution in [0.15, 0.2) is 12.2 Å². The lowest BCUT2D eigenvalue weighted by molar-refractivity contribution is -0.340. The highest BCUT2D eigenvalue weighted by Gasteiger charge is 2.58. The average molecular weight is 168 g/mol. The van der Waals surface area contributed by atoms with Crippen molar-refractivity contribution in [3.8, 4) is 0 Å².